The maximum absolute atomic E-state index is 13.3. The third-order valence-corrected chi connectivity index (χ3v) is 6.58. The summed E-state index contributed by atoms with van der Waals surface area (Å²) < 4.78 is 1.57. The molecule has 202 valence electrons. The molecule has 0 aliphatic rings. The van der Waals surface area contributed by atoms with Gasteiger partial charge in [-0.3, -0.25) is 14.8 Å². The Morgan fingerprint density at radius 3 is 2.58 bits per heavy atom. The van der Waals surface area contributed by atoms with Crippen LogP contribution in [-0.4, -0.2) is 60.5 Å². The topological polar surface area (TPSA) is 148 Å². The highest BCUT2D eigenvalue weighted by atomic mass is 35.5. The van der Waals surface area contributed by atoms with Crippen LogP contribution < -0.4 is 11.0 Å². The third kappa shape index (κ3) is 5.78. The Morgan fingerprint density at radius 1 is 1.12 bits per heavy atom. The Labute approximate surface area is 234 Å². The molecular formula is C28H26ClN9O2. The molecule has 5 rings (SSSR count). The smallest absolute Gasteiger partial charge is 0.326 e. The molecule has 3 N–H and O–H groups in total. The lowest BCUT2D eigenvalue weighted by molar-refractivity contribution is 0.103. The standard InChI is InChI=1S/C28H26ClN9O2/c1-17-4-6-18(7-5-17)24(39)23-22(14-30)27(38(36-23)21-10-8-19(29)9-11-21)31-12-3-13-37(2)16-20-15-32-25-26(33-20)35-28(40)34-25/h4-11,15,31H,3,12-13,16H2,1-2H3,(H2,32,33,34,35,40). The molecule has 5 aromatic rings. The summed E-state index contributed by atoms with van der Waals surface area (Å²) in [6, 6.07) is 16.4. The van der Waals surface area contributed by atoms with Crippen LogP contribution in [0.3, 0.4) is 0 Å². The number of aryl methyl sites for hydroxylation is 1. The van der Waals surface area contributed by atoms with E-state index in [9.17, 15) is 14.9 Å². The number of H-pyrrole nitrogens is 2. The minimum absolute atomic E-state index is 0.0812. The van der Waals surface area contributed by atoms with Gasteiger partial charge >= 0.3 is 5.69 Å². The first kappa shape index (κ1) is 26.8. The molecule has 0 unspecified atom stereocenters. The number of benzene rings is 2. The predicted octanol–water partition coefficient (Wildman–Crippen LogP) is 3.83. The number of hydrogen-bond donors (Lipinski definition) is 3. The molecule has 3 heterocycles. The molecule has 12 heteroatoms. The van der Waals surface area contributed by atoms with Crippen molar-refractivity contribution in [2.45, 2.75) is 19.9 Å². The highest BCUT2D eigenvalue weighted by molar-refractivity contribution is 6.30. The zero-order valence-corrected chi connectivity index (χ0v) is 22.7. The van der Waals surface area contributed by atoms with Gasteiger partial charge in [0.1, 0.15) is 17.5 Å². The summed E-state index contributed by atoms with van der Waals surface area (Å²) in [5.41, 5.74) is 3.65. The Balaban J connectivity index is 1.32. The second-order valence-corrected chi connectivity index (χ2v) is 9.86. The number of anilines is 1. The van der Waals surface area contributed by atoms with E-state index in [1.807, 2.05) is 26.1 Å². The minimum atomic E-state index is -0.343. The average Bonchev–Trinajstić information content (AvgIpc) is 3.50. The third-order valence-electron chi connectivity index (χ3n) is 6.32. The highest BCUT2D eigenvalue weighted by Crippen LogP contribution is 2.26. The maximum atomic E-state index is 13.3. The number of imidazole rings is 1. The summed E-state index contributed by atoms with van der Waals surface area (Å²) >= 11 is 6.08. The van der Waals surface area contributed by atoms with Gasteiger partial charge in [0.2, 0.25) is 5.78 Å². The summed E-state index contributed by atoms with van der Waals surface area (Å²) in [4.78, 5) is 40.8. The minimum Gasteiger partial charge on any atom is -0.369 e. The number of ketones is 1. The SMILES string of the molecule is Cc1ccc(C(=O)c2nn(-c3ccc(Cl)cc3)c(NCCCN(C)Cc3cnc4[nH]c(=O)[nH]c4n3)c2C#N)cc1. The number of hydrogen-bond acceptors (Lipinski definition) is 8. The fourth-order valence-corrected chi connectivity index (χ4v) is 4.42. The van der Waals surface area contributed by atoms with Gasteiger partial charge in [-0.1, -0.05) is 41.4 Å². The summed E-state index contributed by atoms with van der Waals surface area (Å²) in [6.45, 7) is 3.71. The van der Waals surface area contributed by atoms with Crippen LogP contribution in [0.2, 0.25) is 5.02 Å². The van der Waals surface area contributed by atoms with Gasteiger partial charge in [-0.25, -0.2) is 19.4 Å². The molecule has 2 aromatic carbocycles. The highest BCUT2D eigenvalue weighted by Gasteiger charge is 2.25. The van der Waals surface area contributed by atoms with Gasteiger partial charge in [0.25, 0.3) is 0 Å². The van der Waals surface area contributed by atoms with Crippen molar-refractivity contribution in [2.24, 2.45) is 0 Å². The van der Waals surface area contributed by atoms with Crippen molar-refractivity contribution in [2.75, 3.05) is 25.5 Å². The molecule has 11 nitrogen and oxygen atoms in total. The Morgan fingerprint density at radius 2 is 1.85 bits per heavy atom. The van der Waals surface area contributed by atoms with Gasteiger partial charge in [-0.05, 0) is 51.2 Å². The van der Waals surface area contributed by atoms with Crippen LogP contribution in [0.4, 0.5) is 5.82 Å². The van der Waals surface area contributed by atoms with Crippen molar-refractivity contribution in [1.82, 2.24) is 34.6 Å². The first-order chi connectivity index (χ1) is 19.3. The van der Waals surface area contributed by atoms with Gasteiger partial charge < -0.3 is 10.2 Å². The number of carbonyl (C=O) groups excluding carboxylic acids is 1. The van der Waals surface area contributed by atoms with E-state index in [1.165, 1.54) is 0 Å². The Hall–Kier alpha value is -4.79. The molecule has 0 saturated heterocycles. The van der Waals surface area contributed by atoms with E-state index in [0.29, 0.717) is 53.0 Å². The van der Waals surface area contributed by atoms with E-state index >= 15 is 0 Å². The van der Waals surface area contributed by atoms with Gasteiger partial charge in [0, 0.05) is 23.7 Å². The summed E-state index contributed by atoms with van der Waals surface area (Å²) in [5, 5.41) is 18.5. The zero-order chi connectivity index (χ0) is 28.2. The van der Waals surface area contributed by atoms with Crippen LogP contribution in [-0.2, 0) is 6.54 Å². The number of nitrogens with zero attached hydrogens (tertiary/aromatic N) is 6. The van der Waals surface area contributed by atoms with Crippen molar-refractivity contribution < 1.29 is 4.79 Å². The largest absolute Gasteiger partial charge is 0.369 e. The normalized spacial score (nSPS) is 11.2. The fraction of sp³-hybridized carbons (Fsp3) is 0.214. The van der Waals surface area contributed by atoms with Crippen molar-refractivity contribution in [3.05, 3.63) is 98.3 Å². The van der Waals surface area contributed by atoms with E-state index in [4.69, 9.17) is 11.6 Å². The number of fused-ring (bicyclic) bond motifs is 1. The first-order valence-electron chi connectivity index (χ1n) is 12.6. The van der Waals surface area contributed by atoms with E-state index in [2.05, 4.69) is 41.3 Å². The lowest BCUT2D eigenvalue weighted by Gasteiger charge is -2.16. The van der Waals surface area contributed by atoms with Crippen LogP contribution in [0.25, 0.3) is 17.0 Å². The molecule has 0 aliphatic heterocycles. The zero-order valence-electron chi connectivity index (χ0n) is 21.9. The van der Waals surface area contributed by atoms with Crippen molar-refractivity contribution >= 4 is 34.5 Å². The number of nitriles is 1. The fourth-order valence-electron chi connectivity index (χ4n) is 4.30. The number of rotatable bonds is 10. The molecule has 0 aliphatic carbocycles. The Kier molecular flexibility index (Phi) is 7.72. The van der Waals surface area contributed by atoms with Gasteiger partial charge in [-0.2, -0.15) is 10.4 Å². The van der Waals surface area contributed by atoms with Crippen LogP contribution in [0.15, 0.2) is 59.5 Å². The molecule has 0 bridgehead atoms. The molecule has 3 aromatic heterocycles. The van der Waals surface area contributed by atoms with Gasteiger partial charge in [-0.15, -0.1) is 0 Å². The molecule has 0 amide bonds. The maximum Gasteiger partial charge on any atom is 0.326 e. The number of aromatic amines is 2. The number of aromatic nitrogens is 6. The lowest BCUT2D eigenvalue weighted by atomic mass is 10.0. The number of carbonyl (C=O) groups is 1. The van der Waals surface area contributed by atoms with Crippen LogP contribution in [0.5, 0.6) is 0 Å². The molecule has 0 saturated carbocycles. The van der Waals surface area contributed by atoms with Crippen LogP contribution >= 0.6 is 11.6 Å². The van der Waals surface area contributed by atoms with Gasteiger partial charge in [0.15, 0.2) is 17.0 Å². The molecule has 0 atom stereocenters. The van der Waals surface area contributed by atoms with Crippen LogP contribution in [0.1, 0.15) is 39.3 Å². The molecule has 40 heavy (non-hydrogen) atoms. The summed E-state index contributed by atoms with van der Waals surface area (Å²) in [7, 11) is 1.96. The van der Waals surface area contributed by atoms with E-state index in [0.717, 1.165) is 17.7 Å². The lowest BCUT2D eigenvalue weighted by Crippen LogP contribution is -2.22. The van der Waals surface area contributed by atoms with Crippen molar-refractivity contribution in [3.8, 4) is 11.8 Å². The average molecular weight is 556 g/mol. The van der Waals surface area contributed by atoms with Crippen molar-refractivity contribution in [1.29, 1.82) is 5.26 Å². The summed E-state index contributed by atoms with van der Waals surface area (Å²) in [6.07, 6.45) is 2.36. The van der Waals surface area contributed by atoms with E-state index in [1.54, 1.807) is 47.3 Å². The monoisotopic (exact) mass is 555 g/mol. The van der Waals surface area contributed by atoms with E-state index in [-0.39, 0.29) is 22.7 Å². The molecule has 0 radical (unpaired) electrons. The van der Waals surface area contributed by atoms with E-state index < -0.39 is 0 Å². The molecule has 0 spiro atoms. The predicted molar refractivity (Wildman–Crippen MR) is 152 cm³/mol. The quantitative estimate of drug-likeness (QED) is 0.174. The number of nitrogens with one attached hydrogen (secondary N) is 3. The second kappa shape index (κ2) is 11.5. The van der Waals surface area contributed by atoms with Crippen molar-refractivity contribution in [3.63, 3.8) is 0 Å². The Bertz CT molecular complexity index is 1760. The number of halogens is 1. The molecule has 0 fully saturated rings. The van der Waals surface area contributed by atoms with Gasteiger partial charge in [0.05, 0.1) is 17.6 Å². The van der Waals surface area contributed by atoms with Crippen LogP contribution in [0, 0.1) is 18.3 Å². The molecular weight excluding hydrogens is 530 g/mol. The second-order valence-electron chi connectivity index (χ2n) is 9.42. The summed E-state index contributed by atoms with van der Waals surface area (Å²) in [5.74, 6) is 0.115. The first-order valence-corrected chi connectivity index (χ1v) is 13.0.